The first-order chi connectivity index (χ1) is 7.32. The van der Waals surface area contributed by atoms with Crippen LogP contribution in [0.1, 0.15) is 60.3 Å². The lowest BCUT2D eigenvalue weighted by Crippen LogP contribution is -2.39. The maximum atomic E-state index is 2.65. The van der Waals surface area contributed by atoms with E-state index < -0.39 is 0 Å². The number of rotatable bonds is 2. The van der Waals surface area contributed by atoms with E-state index in [1.165, 1.54) is 38.8 Å². The highest BCUT2D eigenvalue weighted by atomic mass is 15.2. The summed E-state index contributed by atoms with van der Waals surface area (Å²) in [5.74, 6) is 1.04. The van der Waals surface area contributed by atoms with Gasteiger partial charge in [-0.25, -0.2) is 0 Å². The van der Waals surface area contributed by atoms with Crippen LogP contribution in [0, 0.1) is 16.7 Å². The van der Waals surface area contributed by atoms with E-state index in [2.05, 4.69) is 39.5 Å². The van der Waals surface area contributed by atoms with E-state index in [1.54, 1.807) is 0 Å². The Hall–Kier alpha value is -0.0400. The second-order valence-corrected chi connectivity index (χ2v) is 7.66. The Morgan fingerprint density at radius 2 is 1.75 bits per heavy atom. The molecule has 1 saturated heterocycles. The minimum absolute atomic E-state index is 0.531. The van der Waals surface area contributed by atoms with Gasteiger partial charge in [0.25, 0.3) is 0 Å². The van der Waals surface area contributed by atoms with Crippen LogP contribution in [0.2, 0.25) is 0 Å². The zero-order valence-corrected chi connectivity index (χ0v) is 11.8. The minimum atomic E-state index is 0.531. The molecule has 0 aromatic rings. The third-order valence-electron chi connectivity index (χ3n) is 4.74. The number of nitrogens with zero attached hydrogens (tertiary/aromatic N) is 1. The molecule has 1 unspecified atom stereocenters. The fraction of sp³-hybridized carbons (Fsp3) is 1.00. The second kappa shape index (κ2) is 4.01. The molecule has 0 bridgehead atoms. The van der Waals surface area contributed by atoms with E-state index in [-0.39, 0.29) is 0 Å². The predicted molar refractivity (Wildman–Crippen MR) is 70.6 cm³/mol. The summed E-state index contributed by atoms with van der Waals surface area (Å²) in [4.78, 5) is 2.65. The van der Waals surface area contributed by atoms with Gasteiger partial charge in [0.15, 0.2) is 0 Å². The van der Waals surface area contributed by atoms with Gasteiger partial charge in [0.1, 0.15) is 0 Å². The average molecular weight is 223 g/mol. The predicted octanol–water partition coefficient (Wildman–Crippen LogP) is 3.93. The van der Waals surface area contributed by atoms with Crippen LogP contribution in [0.4, 0.5) is 0 Å². The summed E-state index contributed by atoms with van der Waals surface area (Å²) in [5.41, 5.74) is 1.31. The van der Waals surface area contributed by atoms with Crippen LogP contribution in [0.5, 0.6) is 0 Å². The minimum Gasteiger partial charge on any atom is -0.301 e. The van der Waals surface area contributed by atoms with Gasteiger partial charge in [0.2, 0.25) is 0 Å². The second-order valence-electron chi connectivity index (χ2n) is 7.66. The van der Waals surface area contributed by atoms with Crippen molar-refractivity contribution in [3.8, 4) is 0 Å². The maximum absolute atomic E-state index is 2.65. The van der Waals surface area contributed by atoms with E-state index in [0.717, 1.165) is 17.4 Å². The van der Waals surface area contributed by atoms with Crippen molar-refractivity contribution in [2.75, 3.05) is 13.1 Å². The molecule has 94 valence electrons. The van der Waals surface area contributed by atoms with Gasteiger partial charge >= 0.3 is 0 Å². The zero-order chi connectivity index (χ0) is 12.0. The largest absolute Gasteiger partial charge is 0.301 e. The van der Waals surface area contributed by atoms with Crippen molar-refractivity contribution < 1.29 is 0 Å². The van der Waals surface area contributed by atoms with Gasteiger partial charge in [-0.05, 0) is 69.4 Å². The summed E-state index contributed by atoms with van der Waals surface area (Å²) >= 11 is 0. The number of hydrogen-bond donors (Lipinski definition) is 0. The first-order valence-corrected chi connectivity index (χ1v) is 7.06. The molecule has 1 saturated carbocycles. The zero-order valence-electron chi connectivity index (χ0n) is 11.8. The Balaban J connectivity index is 1.82. The van der Waals surface area contributed by atoms with E-state index in [1.807, 2.05) is 0 Å². The van der Waals surface area contributed by atoms with Gasteiger partial charge in [0.05, 0.1) is 0 Å². The van der Waals surface area contributed by atoms with Crippen LogP contribution in [-0.2, 0) is 0 Å². The molecule has 1 atom stereocenters. The highest BCUT2D eigenvalue weighted by Crippen LogP contribution is 2.62. The molecule has 2 rings (SSSR count). The molecule has 1 aliphatic heterocycles. The van der Waals surface area contributed by atoms with Gasteiger partial charge in [-0.1, -0.05) is 20.8 Å². The van der Waals surface area contributed by atoms with Crippen LogP contribution in [-0.4, -0.2) is 24.0 Å². The van der Waals surface area contributed by atoms with Gasteiger partial charge in [-0.2, -0.15) is 0 Å². The Kier molecular flexibility index (Phi) is 3.11. The number of likely N-dealkylation sites (tertiary alicyclic amines) is 1. The third kappa shape index (κ3) is 2.61. The smallest absolute Gasteiger partial charge is 0.00385 e. The summed E-state index contributed by atoms with van der Waals surface area (Å²) in [6.07, 6.45) is 5.89. The SMILES string of the molecule is CC(C)N1CCC2(CC1)CC2CC(C)(C)C. The molecule has 1 nitrogen and oxygen atoms in total. The fourth-order valence-corrected chi connectivity index (χ4v) is 3.56. The van der Waals surface area contributed by atoms with Crippen molar-refractivity contribution in [1.82, 2.24) is 4.90 Å². The Labute approximate surface area is 102 Å². The lowest BCUT2D eigenvalue weighted by molar-refractivity contribution is 0.126. The molecule has 1 spiro atoms. The Morgan fingerprint density at radius 3 is 2.19 bits per heavy atom. The van der Waals surface area contributed by atoms with Gasteiger partial charge in [-0.15, -0.1) is 0 Å². The van der Waals surface area contributed by atoms with Crippen LogP contribution < -0.4 is 0 Å². The van der Waals surface area contributed by atoms with Gasteiger partial charge in [0, 0.05) is 6.04 Å². The maximum Gasteiger partial charge on any atom is 0.00385 e. The van der Waals surface area contributed by atoms with Crippen molar-refractivity contribution >= 4 is 0 Å². The number of piperidine rings is 1. The molecule has 1 heterocycles. The monoisotopic (exact) mass is 223 g/mol. The first kappa shape index (κ1) is 12.4. The Bertz CT molecular complexity index is 241. The van der Waals surface area contributed by atoms with Crippen molar-refractivity contribution in [2.45, 2.75) is 66.3 Å². The van der Waals surface area contributed by atoms with Gasteiger partial charge in [-0.3, -0.25) is 0 Å². The standard InChI is InChI=1S/C15H29N/c1-12(2)16-8-6-15(7-9-16)11-13(15)10-14(3,4)5/h12-13H,6-11H2,1-5H3. The van der Waals surface area contributed by atoms with Crippen LogP contribution in [0.3, 0.4) is 0 Å². The van der Waals surface area contributed by atoms with Crippen LogP contribution >= 0.6 is 0 Å². The first-order valence-electron chi connectivity index (χ1n) is 7.06. The van der Waals surface area contributed by atoms with Crippen molar-refractivity contribution in [3.05, 3.63) is 0 Å². The lowest BCUT2D eigenvalue weighted by atomic mass is 9.83. The molecular formula is C15H29N. The Morgan fingerprint density at radius 1 is 1.19 bits per heavy atom. The molecule has 16 heavy (non-hydrogen) atoms. The summed E-state index contributed by atoms with van der Waals surface area (Å²) in [6.45, 7) is 14.5. The summed E-state index contributed by atoms with van der Waals surface area (Å²) in [6, 6.07) is 0.747. The van der Waals surface area contributed by atoms with E-state index in [4.69, 9.17) is 0 Å². The highest BCUT2D eigenvalue weighted by Gasteiger charge is 2.55. The van der Waals surface area contributed by atoms with E-state index in [0.29, 0.717) is 5.41 Å². The molecule has 0 aromatic heterocycles. The molecular weight excluding hydrogens is 194 g/mol. The fourth-order valence-electron chi connectivity index (χ4n) is 3.56. The van der Waals surface area contributed by atoms with Crippen molar-refractivity contribution in [2.24, 2.45) is 16.7 Å². The number of hydrogen-bond acceptors (Lipinski definition) is 1. The quantitative estimate of drug-likeness (QED) is 0.685. The van der Waals surface area contributed by atoms with Crippen LogP contribution in [0.15, 0.2) is 0 Å². The highest BCUT2D eigenvalue weighted by molar-refractivity contribution is 5.05. The molecule has 1 aliphatic carbocycles. The molecule has 2 aliphatic rings. The summed E-state index contributed by atoms with van der Waals surface area (Å²) < 4.78 is 0. The molecule has 1 heteroatoms. The lowest BCUT2D eigenvalue weighted by Gasteiger charge is -2.36. The van der Waals surface area contributed by atoms with Crippen molar-refractivity contribution in [3.63, 3.8) is 0 Å². The molecule has 0 N–H and O–H groups in total. The summed E-state index contributed by atoms with van der Waals surface area (Å²) in [5, 5.41) is 0. The van der Waals surface area contributed by atoms with Gasteiger partial charge < -0.3 is 4.90 Å². The average Bonchev–Trinajstić information content (AvgIpc) is 2.75. The molecule has 0 aromatic carbocycles. The normalized spacial score (nSPS) is 30.0. The summed E-state index contributed by atoms with van der Waals surface area (Å²) in [7, 11) is 0. The van der Waals surface area contributed by atoms with E-state index >= 15 is 0 Å². The van der Waals surface area contributed by atoms with Crippen LogP contribution in [0.25, 0.3) is 0 Å². The molecule has 0 amide bonds. The van der Waals surface area contributed by atoms with Crippen molar-refractivity contribution in [1.29, 1.82) is 0 Å². The molecule has 0 radical (unpaired) electrons. The topological polar surface area (TPSA) is 3.24 Å². The molecule has 2 fully saturated rings. The third-order valence-corrected chi connectivity index (χ3v) is 4.74. The van der Waals surface area contributed by atoms with E-state index in [9.17, 15) is 0 Å².